The Bertz CT molecular complexity index is 1120. The zero-order valence-electron chi connectivity index (χ0n) is 56.2. The topological polar surface area (TPSA) is 173 Å². The van der Waals surface area contributed by atoms with Crippen LogP contribution in [0.5, 0.6) is 0 Å². The van der Waals surface area contributed by atoms with Crippen LogP contribution in [0.25, 0.3) is 0 Å². The Kier molecular flexibility index (Phi) is 80.8. The van der Waals surface area contributed by atoms with Crippen molar-refractivity contribution in [2.45, 2.75) is 357 Å². The van der Waals surface area contributed by atoms with E-state index in [0.717, 1.165) is 34.5 Å². The number of aliphatic carboxylic acids is 3. The number of carboxylic acid groups (broad SMARTS) is 3. The summed E-state index contributed by atoms with van der Waals surface area (Å²) in [5.41, 5.74) is -0.708. The fourth-order valence-corrected chi connectivity index (χ4v) is 12.6. The first-order chi connectivity index (χ1) is 40.2. The highest BCUT2D eigenvalue weighted by atomic mass is 32.2. The van der Waals surface area contributed by atoms with Crippen molar-refractivity contribution in [1.29, 1.82) is 0 Å². The van der Waals surface area contributed by atoms with E-state index in [2.05, 4.69) is 20.8 Å². The van der Waals surface area contributed by atoms with Crippen LogP contribution in [0.4, 0.5) is 0 Å². The third-order valence-electron chi connectivity index (χ3n) is 15.9. The second kappa shape index (κ2) is 75.6. The maximum atomic E-state index is 10.7. The van der Waals surface area contributed by atoms with E-state index in [9.17, 15) is 14.4 Å². The van der Waals surface area contributed by atoms with Crippen molar-refractivity contribution < 1.29 is 45.0 Å². The third-order valence-corrected chi connectivity index (χ3v) is 19.9. The van der Waals surface area contributed by atoms with E-state index in [-0.39, 0.29) is 37.6 Å². The summed E-state index contributed by atoms with van der Waals surface area (Å²) in [6, 6.07) is 0. The Labute approximate surface area is 529 Å². The number of rotatable bonds is 63. The zero-order valence-corrected chi connectivity index (χ0v) is 58.6. The first kappa shape index (κ1) is 88.8. The minimum absolute atomic E-state index is 0.181. The molecule has 0 spiro atoms. The summed E-state index contributed by atoms with van der Waals surface area (Å²) >= 11 is 5.39. The molecule has 0 fully saturated rings. The van der Waals surface area contributed by atoms with E-state index in [1.54, 1.807) is 63.0 Å². The zero-order chi connectivity index (χ0) is 62.4. The number of carbonyl (C=O) groups is 3. The first-order valence-corrected chi connectivity index (χ1v) is 38.9. The predicted molar refractivity (Wildman–Crippen MR) is 370 cm³/mol. The Hall–Kier alpha value is -0.660. The number of hydrogen-bond donors (Lipinski definition) is 6. The number of aliphatic hydroxyl groups is 3. The molecule has 0 aliphatic heterocycles. The molecule has 83 heavy (non-hydrogen) atoms. The predicted octanol–water partition coefficient (Wildman–Crippen LogP) is 22.1. The van der Waals surface area contributed by atoms with Gasteiger partial charge in [0.1, 0.15) is 0 Å². The van der Waals surface area contributed by atoms with Crippen LogP contribution in [0, 0.1) is 23.2 Å². The second-order valence-corrected chi connectivity index (χ2v) is 28.6. The molecule has 3 unspecified atom stereocenters. The van der Waals surface area contributed by atoms with Crippen LogP contribution in [0.2, 0.25) is 0 Å². The van der Waals surface area contributed by atoms with Gasteiger partial charge in [0.05, 0.1) is 37.6 Å². The van der Waals surface area contributed by atoms with Gasteiger partial charge in [-0.25, -0.2) is 0 Å². The summed E-state index contributed by atoms with van der Waals surface area (Å²) in [5.74, 6) is 3.03. The molecule has 0 rings (SSSR count). The number of carboxylic acids is 3. The van der Waals surface area contributed by atoms with Crippen molar-refractivity contribution in [3.8, 4) is 0 Å². The van der Waals surface area contributed by atoms with Gasteiger partial charge in [-0.15, -0.1) is 0 Å². The molecule has 0 saturated carbocycles. The summed E-state index contributed by atoms with van der Waals surface area (Å²) in [6.45, 7) is 13.3. The van der Waals surface area contributed by atoms with Crippen LogP contribution in [-0.4, -0.2) is 103 Å². The lowest BCUT2D eigenvalue weighted by Gasteiger charge is -2.20. The maximum absolute atomic E-state index is 10.7. The molecule has 12 heteroatoms. The fourth-order valence-electron chi connectivity index (χ4n) is 9.40. The molecule has 0 bridgehead atoms. The molecule has 0 aromatic heterocycles. The standard InChI is InChI=1S/3C22H44O2S.C5H12O3/c3*1-3-4-5-6-7-8-9-10-11-12-13-14-15-16-17-18-19-25-20-21(2)22(23)24;1-5(2-6,3-7)4-8/h3*21H,3-20H2,1-2H3,(H,23,24);6-8H,2-4H2,1H3. The van der Waals surface area contributed by atoms with Crippen molar-refractivity contribution in [3.05, 3.63) is 0 Å². The van der Waals surface area contributed by atoms with Crippen molar-refractivity contribution in [3.63, 3.8) is 0 Å². The summed E-state index contributed by atoms with van der Waals surface area (Å²) < 4.78 is 0. The van der Waals surface area contributed by atoms with E-state index in [4.69, 9.17) is 30.6 Å². The Morgan fingerprint density at radius 3 is 0.518 bits per heavy atom. The van der Waals surface area contributed by atoms with E-state index >= 15 is 0 Å². The molecule has 0 heterocycles. The van der Waals surface area contributed by atoms with Crippen LogP contribution in [0.15, 0.2) is 0 Å². The smallest absolute Gasteiger partial charge is 0.307 e. The van der Waals surface area contributed by atoms with Crippen molar-refractivity contribution >= 4 is 53.2 Å². The molecule has 500 valence electrons. The number of hydrogen-bond acceptors (Lipinski definition) is 9. The van der Waals surface area contributed by atoms with Gasteiger partial charge < -0.3 is 30.6 Å². The highest BCUT2D eigenvalue weighted by Gasteiger charge is 2.20. The van der Waals surface area contributed by atoms with Crippen LogP contribution < -0.4 is 0 Å². The molecular weight excluding hydrogens is 1090 g/mol. The monoisotopic (exact) mass is 1240 g/mol. The average Bonchev–Trinajstić information content (AvgIpc) is 3.48. The summed E-state index contributed by atoms with van der Waals surface area (Å²) in [7, 11) is 0. The largest absolute Gasteiger partial charge is 0.481 e. The van der Waals surface area contributed by atoms with Crippen LogP contribution in [0.1, 0.15) is 357 Å². The summed E-state index contributed by atoms with van der Waals surface area (Å²) in [5, 5.41) is 51.8. The molecule has 9 nitrogen and oxygen atoms in total. The number of aliphatic hydroxyl groups excluding tert-OH is 3. The molecule has 0 aromatic carbocycles. The van der Waals surface area contributed by atoms with Gasteiger partial charge in [0.25, 0.3) is 0 Å². The fraction of sp³-hybridized carbons (Fsp3) is 0.958. The van der Waals surface area contributed by atoms with Crippen molar-refractivity contribution in [2.24, 2.45) is 23.2 Å². The van der Waals surface area contributed by atoms with Gasteiger partial charge in [0.15, 0.2) is 0 Å². The van der Waals surface area contributed by atoms with Gasteiger partial charge in [0, 0.05) is 22.7 Å². The van der Waals surface area contributed by atoms with Crippen molar-refractivity contribution in [2.75, 3.05) is 54.3 Å². The number of thioether (sulfide) groups is 3. The lowest BCUT2D eigenvalue weighted by molar-refractivity contribution is -0.141. The van der Waals surface area contributed by atoms with Gasteiger partial charge in [-0.3, -0.25) is 14.4 Å². The third kappa shape index (κ3) is 79.3. The molecule has 6 N–H and O–H groups in total. The van der Waals surface area contributed by atoms with E-state index in [1.165, 1.54) is 308 Å². The second-order valence-electron chi connectivity index (χ2n) is 25.1. The van der Waals surface area contributed by atoms with Crippen LogP contribution >= 0.6 is 35.3 Å². The van der Waals surface area contributed by atoms with Crippen molar-refractivity contribution in [1.82, 2.24) is 0 Å². The molecule has 0 saturated heterocycles. The SMILES string of the molecule is CC(CO)(CO)CO.CCCCCCCCCCCCCCCCCCSCC(C)C(=O)O.CCCCCCCCCCCCCCCCCCSCC(C)C(=O)O.CCCCCCCCCCCCCCCCCCSCC(C)C(=O)O. The van der Waals surface area contributed by atoms with E-state index < -0.39 is 23.3 Å². The van der Waals surface area contributed by atoms with Gasteiger partial charge in [-0.2, -0.15) is 35.3 Å². The normalized spacial score (nSPS) is 12.4. The van der Waals surface area contributed by atoms with Gasteiger partial charge in [-0.05, 0) is 36.5 Å². The van der Waals surface area contributed by atoms with E-state index in [0.29, 0.717) is 0 Å². The Balaban J connectivity index is -0.000000527. The minimum atomic E-state index is -0.708. The lowest BCUT2D eigenvalue weighted by atomic mass is 9.95. The highest BCUT2D eigenvalue weighted by molar-refractivity contribution is 7.99. The Morgan fingerprint density at radius 1 is 0.277 bits per heavy atom. The van der Waals surface area contributed by atoms with Gasteiger partial charge in [-0.1, -0.05) is 337 Å². The molecule has 0 aliphatic rings. The van der Waals surface area contributed by atoms with Gasteiger partial charge >= 0.3 is 17.9 Å². The summed E-state index contributed by atoms with van der Waals surface area (Å²) in [6.07, 6.45) is 67.3. The molecule has 3 atom stereocenters. The Morgan fingerprint density at radius 2 is 0.410 bits per heavy atom. The van der Waals surface area contributed by atoms with Gasteiger partial charge in [0.2, 0.25) is 0 Å². The summed E-state index contributed by atoms with van der Waals surface area (Å²) in [4.78, 5) is 32.1. The molecule has 0 aromatic rings. The molecule has 0 aliphatic carbocycles. The number of unbranched alkanes of at least 4 members (excludes halogenated alkanes) is 45. The minimum Gasteiger partial charge on any atom is -0.481 e. The first-order valence-electron chi connectivity index (χ1n) is 35.5. The molecule has 0 amide bonds. The molecular formula is C71H144O9S3. The lowest BCUT2D eigenvalue weighted by Crippen LogP contribution is -2.29. The highest BCUT2D eigenvalue weighted by Crippen LogP contribution is 2.20. The van der Waals surface area contributed by atoms with Crippen LogP contribution in [0.3, 0.4) is 0 Å². The maximum Gasteiger partial charge on any atom is 0.307 e. The average molecular weight is 1240 g/mol. The van der Waals surface area contributed by atoms with Crippen LogP contribution in [-0.2, 0) is 14.4 Å². The van der Waals surface area contributed by atoms with E-state index in [1.807, 2.05) is 0 Å². The quantitative estimate of drug-likeness (QED) is 0.0319. The molecule has 0 radical (unpaired) electrons.